The van der Waals surface area contributed by atoms with Crippen molar-refractivity contribution in [3.8, 4) is 5.75 Å². The first kappa shape index (κ1) is 18.7. The number of non-ortho nitro benzene ring substituents is 1. The highest BCUT2D eigenvalue weighted by atomic mass is 16.6. The van der Waals surface area contributed by atoms with Crippen molar-refractivity contribution in [1.29, 1.82) is 0 Å². The quantitative estimate of drug-likeness (QED) is 0.578. The zero-order chi connectivity index (χ0) is 19.4. The monoisotopic (exact) mass is 369 g/mol. The minimum absolute atomic E-state index is 0.0217. The summed E-state index contributed by atoms with van der Waals surface area (Å²) in [5.41, 5.74) is 1.85. The number of hydrogen-bond acceptors (Lipinski definition) is 5. The Kier molecular flexibility index (Phi) is 5.59. The van der Waals surface area contributed by atoms with Gasteiger partial charge in [0.15, 0.2) is 0 Å². The third-order valence-corrected chi connectivity index (χ3v) is 4.71. The Morgan fingerprint density at radius 1 is 1.26 bits per heavy atom. The van der Waals surface area contributed by atoms with Gasteiger partial charge in [0, 0.05) is 25.7 Å². The van der Waals surface area contributed by atoms with E-state index in [2.05, 4.69) is 11.8 Å². The molecule has 2 aromatic carbocycles. The first-order valence-electron chi connectivity index (χ1n) is 8.96. The van der Waals surface area contributed by atoms with Crippen LogP contribution in [-0.2, 0) is 11.2 Å². The van der Waals surface area contributed by atoms with Gasteiger partial charge in [-0.05, 0) is 24.6 Å². The third-order valence-electron chi connectivity index (χ3n) is 4.71. The van der Waals surface area contributed by atoms with Crippen molar-refractivity contribution in [2.75, 3.05) is 31.6 Å². The van der Waals surface area contributed by atoms with E-state index < -0.39 is 4.92 Å². The van der Waals surface area contributed by atoms with Crippen LogP contribution in [0.15, 0.2) is 48.5 Å². The van der Waals surface area contributed by atoms with Gasteiger partial charge in [-0.1, -0.05) is 24.3 Å². The number of ether oxygens (including phenoxy) is 1. The highest BCUT2D eigenvalue weighted by molar-refractivity contribution is 5.78. The smallest absolute Gasteiger partial charge is 0.269 e. The molecule has 1 atom stereocenters. The molecule has 142 valence electrons. The molecule has 1 aliphatic rings. The fraction of sp³-hybridized carbons (Fsp3) is 0.350. The second-order valence-corrected chi connectivity index (χ2v) is 6.62. The Bertz CT molecular complexity index is 822. The van der Waals surface area contributed by atoms with Crippen LogP contribution in [-0.4, -0.2) is 48.5 Å². The number of carbonyl (C=O) groups is 1. The summed E-state index contributed by atoms with van der Waals surface area (Å²) in [5, 5.41) is 10.7. The number of para-hydroxylation sites is 2. The Morgan fingerprint density at radius 3 is 2.63 bits per heavy atom. The molecule has 1 aliphatic heterocycles. The fourth-order valence-corrected chi connectivity index (χ4v) is 3.23. The Balaban J connectivity index is 1.60. The van der Waals surface area contributed by atoms with Gasteiger partial charge in [-0.3, -0.25) is 14.9 Å². The van der Waals surface area contributed by atoms with Crippen molar-refractivity contribution in [2.45, 2.75) is 19.4 Å². The van der Waals surface area contributed by atoms with E-state index in [1.807, 2.05) is 24.3 Å². The maximum atomic E-state index is 12.5. The molecular formula is C20H23N3O4. The number of benzene rings is 2. The van der Waals surface area contributed by atoms with E-state index in [1.54, 1.807) is 24.1 Å². The second-order valence-electron chi connectivity index (χ2n) is 6.62. The predicted octanol–water partition coefficient (Wildman–Crippen LogP) is 2.88. The molecule has 0 saturated carbocycles. The molecule has 7 heteroatoms. The molecule has 0 aromatic heterocycles. The molecule has 7 nitrogen and oxygen atoms in total. The topological polar surface area (TPSA) is 75.9 Å². The largest absolute Gasteiger partial charge is 0.485 e. The second kappa shape index (κ2) is 8.07. The molecule has 1 heterocycles. The molecule has 0 N–H and O–H groups in total. The zero-order valence-electron chi connectivity index (χ0n) is 15.5. The number of anilines is 1. The van der Waals surface area contributed by atoms with Crippen LogP contribution in [0.25, 0.3) is 0 Å². The fourth-order valence-electron chi connectivity index (χ4n) is 3.23. The summed E-state index contributed by atoms with van der Waals surface area (Å²) in [6.07, 6.45) is 0.0978. The molecular weight excluding hydrogens is 346 g/mol. The summed E-state index contributed by atoms with van der Waals surface area (Å²) >= 11 is 0. The van der Waals surface area contributed by atoms with E-state index in [-0.39, 0.29) is 24.1 Å². The maximum Gasteiger partial charge on any atom is 0.269 e. The molecule has 0 spiro atoms. The predicted molar refractivity (Wildman–Crippen MR) is 103 cm³/mol. The van der Waals surface area contributed by atoms with Gasteiger partial charge >= 0.3 is 0 Å². The van der Waals surface area contributed by atoms with Crippen LogP contribution in [0.5, 0.6) is 5.75 Å². The number of nitro benzene ring substituents is 1. The molecule has 0 saturated heterocycles. The highest BCUT2D eigenvalue weighted by Crippen LogP contribution is 2.32. The molecule has 2 aromatic rings. The average molecular weight is 369 g/mol. The molecule has 27 heavy (non-hydrogen) atoms. The number of rotatable bonds is 6. The normalized spacial score (nSPS) is 15.6. The van der Waals surface area contributed by atoms with Crippen LogP contribution in [0.2, 0.25) is 0 Å². The Morgan fingerprint density at radius 2 is 1.96 bits per heavy atom. The van der Waals surface area contributed by atoms with Gasteiger partial charge in [0.25, 0.3) is 5.69 Å². The summed E-state index contributed by atoms with van der Waals surface area (Å²) in [6.45, 7) is 4.18. The SMILES string of the molecule is CCN1CC(CN(C)C(=O)Cc2ccc([N+](=O)[O-])cc2)Oc2ccccc21. The first-order valence-corrected chi connectivity index (χ1v) is 8.96. The van der Waals surface area contributed by atoms with Crippen LogP contribution in [0.1, 0.15) is 12.5 Å². The Labute approximate surface area is 158 Å². The number of likely N-dealkylation sites (N-methyl/N-ethyl adjacent to an activating group) is 2. The molecule has 0 bridgehead atoms. The van der Waals surface area contributed by atoms with Crippen LogP contribution in [0.4, 0.5) is 11.4 Å². The van der Waals surface area contributed by atoms with Crippen LogP contribution in [0, 0.1) is 10.1 Å². The summed E-state index contributed by atoms with van der Waals surface area (Å²) in [5.74, 6) is 0.793. The van der Waals surface area contributed by atoms with Gasteiger partial charge < -0.3 is 14.5 Å². The average Bonchev–Trinajstić information content (AvgIpc) is 2.67. The number of hydrogen-bond donors (Lipinski definition) is 0. The van der Waals surface area contributed by atoms with E-state index in [0.717, 1.165) is 30.1 Å². The standard InChI is InChI=1S/C20H23N3O4/c1-3-22-14-17(27-19-7-5-4-6-18(19)22)13-21(2)20(24)12-15-8-10-16(11-9-15)23(25)26/h4-11,17H,3,12-14H2,1-2H3. The van der Waals surface area contributed by atoms with Gasteiger partial charge in [0.2, 0.25) is 5.91 Å². The van der Waals surface area contributed by atoms with Gasteiger partial charge in [0.1, 0.15) is 11.9 Å². The van der Waals surface area contributed by atoms with Crippen molar-refractivity contribution < 1.29 is 14.5 Å². The van der Waals surface area contributed by atoms with Crippen molar-refractivity contribution >= 4 is 17.3 Å². The van der Waals surface area contributed by atoms with Gasteiger partial charge in [-0.2, -0.15) is 0 Å². The van der Waals surface area contributed by atoms with Crippen molar-refractivity contribution in [3.63, 3.8) is 0 Å². The van der Waals surface area contributed by atoms with E-state index in [1.165, 1.54) is 12.1 Å². The molecule has 1 unspecified atom stereocenters. The molecule has 3 rings (SSSR count). The summed E-state index contributed by atoms with van der Waals surface area (Å²) in [7, 11) is 1.76. The van der Waals surface area contributed by atoms with Crippen molar-refractivity contribution in [2.24, 2.45) is 0 Å². The third kappa shape index (κ3) is 4.36. The molecule has 1 amide bonds. The van der Waals surface area contributed by atoms with Crippen molar-refractivity contribution in [3.05, 3.63) is 64.2 Å². The van der Waals surface area contributed by atoms with Crippen LogP contribution in [0.3, 0.4) is 0 Å². The zero-order valence-corrected chi connectivity index (χ0v) is 15.5. The van der Waals surface area contributed by atoms with Gasteiger partial charge in [-0.15, -0.1) is 0 Å². The van der Waals surface area contributed by atoms with Gasteiger partial charge in [-0.25, -0.2) is 0 Å². The van der Waals surface area contributed by atoms with E-state index in [0.29, 0.717) is 6.54 Å². The molecule has 0 radical (unpaired) electrons. The first-order chi connectivity index (χ1) is 13.0. The summed E-state index contributed by atoms with van der Waals surface area (Å²) in [6, 6.07) is 14.0. The number of carbonyl (C=O) groups excluding carboxylic acids is 1. The number of nitrogens with zero attached hydrogens (tertiary/aromatic N) is 3. The summed E-state index contributed by atoms with van der Waals surface area (Å²) < 4.78 is 6.07. The van der Waals surface area contributed by atoms with Crippen molar-refractivity contribution in [1.82, 2.24) is 4.90 Å². The van der Waals surface area contributed by atoms with E-state index in [4.69, 9.17) is 4.74 Å². The lowest BCUT2D eigenvalue weighted by atomic mass is 10.1. The minimum atomic E-state index is -0.449. The van der Waals surface area contributed by atoms with Gasteiger partial charge in [0.05, 0.1) is 30.1 Å². The summed E-state index contributed by atoms with van der Waals surface area (Å²) in [4.78, 5) is 26.7. The lowest BCUT2D eigenvalue weighted by Gasteiger charge is -2.37. The number of fused-ring (bicyclic) bond motifs is 1. The highest BCUT2D eigenvalue weighted by Gasteiger charge is 2.26. The minimum Gasteiger partial charge on any atom is -0.485 e. The lowest BCUT2D eigenvalue weighted by Crippen LogP contribution is -2.47. The molecule has 0 fully saturated rings. The maximum absolute atomic E-state index is 12.5. The van der Waals surface area contributed by atoms with E-state index >= 15 is 0 Å². The molecule has 0 aliphatic carbocycles. The lowest BCUT2D eigenvalue weighted by molar-refractivity contribution is -0.384. The van der Waals surface area contributed by atoms with E-state index in [9.17, 15) is 14.9 Å². The van der Waals surface area contributed by atoms with Crippen LogP contribution < -0.4 is 9.64 Å². The Hall–Kier alpha value is -3.09. The number of nitro groups is 1. The van der Waals surface area contributed by atoms with Crippen LogP contribution >= 0.6 is 0 Å². The number of amides is 1.